The molecule has 0 radical (unpaired) electrons. The highest BCUT2D eigenvalue weighted by atomic mass is 35.5. The maximum absolute atomic E-state index is 11.7. The summed E-state index contributed by atoms with van der Waals surface area (Å²) in [5.41, 5.74) is 4.24. The van der Waals surface area contributed by atoms with Gasteiger partial charge in [0.2, 0.25) is 0 Å². The number of hydrogen-bond acceptors (Lipinski definition) is 9. The van der Waals surface area contributed by atoms with Gasteiger partial charge < -0.3 is 24.1 Å². The van der Waals surface area contributed by atoms with E-state index in [1.807, 2.05) is 91.9 Å². The lowest BCUT2D eigenvalue weighted by molar-refractivity contribution is -0.145. The van der Waals surface area contributed by atoms with Gasteiger partial charge in [-0.25, -0.2) is 0 Å². The molecule has 14 heteroatoms. The first kappa shape index (κ1) is 43.7. The predicted octanol–water partition coefficient (Wildman–Crippen LogP) is 11.7. The first-order valence-electron chi connectivity index (χ1n) is 20.2. The summed E-state index contributed by atoms with van der Waals surface area (Å²) in [5, 5.41) is 10.6. The van der Waals surface area contributed by atoms with Gasteiger partial charge in [0.1, 0.15) is 17.2 Å². The molecule has 0 saturated carbocycles. The molecule has 5 aromatic rings. The van der Waals surface area contributed by atoms with Crippen molar-refractivity contribution >= 4 is 50.4 Å². The first-order chi connectivity index (χ1) is 29.1. The Kier molecular flexibility index (Phi) is 12.7. The van der Waals surface area contributed by atoms with Gasteiger partial charge in [0.25, 0.3) is 0 Å². The van der Waals surface area contributed by atoms with Crippen molar-refractivity contribution in [3.8, 4) is 39.5 Å². The molecule has 3 fully saturated rings. The molecular formula is C47H50Cl2O10S2. The molecule has 0 aliphatic carbocycles. The van der Waals surface area contributed by atoms with Gasteiger partial charge in [0.15, 0.2) is 5.60 Å². The maximum Gasteiger partial charge on any atom is 0.304 e. The molecule has 2 atom stereocenters. The normalized spacial score (nSPS) is 22.0. The lowest BCUT2D eigenvalue weighted by atomic mass is 9.76. The van der Waals surface area contributed by atoms with Crippen LogP contribution < -0.4 is 14.2 Å². The third kappa shape index (κ3) is 9.99. The van der Waals surface area contributed by atoms with E-state index in [0.29, 0.717) is 89.6 Å². The molecule has 3 aliphatic heterocycles. The van der Waals surface area contributed by atoms with Crippen molar-refractivity contribution in [2.45, 2.75) is 37.2 Å². The lowest BCUT2D eigenvalue weighted by Crippen LogP contribution is -2.48. The minimum atomic E-state index is -2.51. The predicted molar refractivity (Wildman–Crippen MR) is 244 cm³/mol. The molecule has 61 heavy (non-hydrogen) atoms. The summed E-state index contributed by atoms with van der Waals surface area (Å²) in [5.74, 6) is 2.61. The van der Waals surface area contributed by atoms with Crippen LogP contribution in [0.1, 0.15) is 42.9 Å². The summed E-state index contributed by atoms with van der Waals surface area (Å²) in [6.07, 6.45) is 1.40. The van der Waals surface area contributed by atoms with Gasteiger partial charge in [-0.1, -0.05) is 71.7 Å². The zero-order valence-electron chi connectivity index (χ0n) is 33.7. The zero-order chi connectivity index (χ0) is 43.0. The van der Waals surface area contributed by atoms with Gasteiger partial charge in [-0.2, -0.15) is 21.2 Å². The van der Waals surface area contributed by atoms with Crippen molar-refractivity contribution in [3.63, 3.8) is 0 Å². The molecule has 0 bridgehead atoms. The molecule has 0 aromatic heterocycles. The van der Waals surface area contributed by atoms with Crippen LogP contribution in [-0.4, -0.2) is 78.7 Å². The standard InChI is InChI=1S/C47H50Cl2O10S2/c1-46(59-38-10-8-35(9-11-38)47(24-45(50)51)29-56-30-47,36-6-2-4-33(20-36)41-14-12-39(22-43(41)48)57-25-31-16-18-60(52,53)27-31)37-7-3-5-34(21-37)42-15-13-40(23-44(42)49)58-26-32-17-19-61(54,55)28-32/h2-15,20-23,31-32,52-55H,16-19,24-30H2,1H3,(H,50,51). The number of carbonyl (C=O) groups is 1. The molecule has 0 amide bonds. The summed E-state index contributed by atoms with van der Waals surface area (Å²) in [4.78, 5) is 11.7. The van der Waals surface area contributed by atoms with E-state index in [4.69, 9.17) is 42.1 Å². The van der Waals surface area contributed by atoms with Crippen LogP contribution in [0.5, 0.6) is 17.2 Å². The zero-order valence-corrected chi connectivity index (χ0v) is 36.8. The van der Waals surface area contributed by atoms with Gasteiger partial charge in [-0.05, 0) is 97.1 Å². The van der Waals surface area contributed by atoms with Crippen molar-refractivity contribution < 1.29 is 47.1 Å². The third-order valence-corrected chi connectivity index (χ3v) is 16.5. The van der Waals surface area contributed by atoms with Crippen molar-refractivity contribution in [3.05, 3.63) is 136 Å². The number of rotatable bonds is 15. The molecule has 3 aliphatic rings. The number of ether oxygens (including phenoxy) is 4. The summed E-state index contributed by atoms with van der Waals surface area (Å²) in [7, 11) is -5.02. The van der Waals surface area contributed by atoms with E-state index in [1.165, 1.54) is 0 Å². The number of benzene rings is 5. The molecule has 0 spiro atoms. The molecule has 324 valence electrons. The number of halogens is 2. The van der Waals surface area contributed by atoms with E-state index in [9.17, 15) is 28.1 Å². The number of carboxylic acids is 1. The highest BCUT2D eigenvalue weighted by Crippen LogP contribution is 2.50. The topological polar surface area (TPSA) is 155 Å². The highest BCUT2D eigenvalue weighted by molar-refractivity contribution is 8.24. The highest BCUT2D eigenvalue weighted by Gasteiger charge is 2.42. The second-order valence-corrected chi connectivity index (χ2v) is 22.2. The number of hydrogen-bond donors (Lipinski definition) is 5. The van der Waals surface area contributed by atoms with E-state index >= 15 is 0 Å². The van der Waals surface area contributed by atoms with Crippen molar-refractivity contribution in [2.75, 3.05) is 49.4 Å². The van der Waals surface area contributed by atoms with Crippen LogP contribution in [0.25, 0.3) is 22.3 Å². The molecule has 5 N–H and O–H groups in total. The van der Waals surface area contributed by atoms with Crippen LogP contribution in [0.15, 0.2) is 109 Å². The van der Waals surface area contributed by atoms with Gasteiger partial charge >= 0.3 is 5.97 Å². The monoisotopic (exact) mass is 908 g/mol. The van der Waals surface area contributed by atoms with Gasteiger partial charge in [-0.15, -0.1) is 0 Å². The Labute approximate surface area is 369 Å². The van der Waals surface area contributed by atoms with Crippen LogP contribution in [0.2, 0.25) is 10.0 Å². The molecule has 8 rings (SSSR count). The van der Waals surface area contributed by atoms with E-state index in [1.54, 1.807) is 12.1 Å². The van der Waals surface area contributed by atoms with Crippen molar-refractivity contribution in [1.29, 1.82) is 0 Å². The van der Waals surface area contributed by atoms with Gasteiger partial charge in [0, 0.05) is 57.1 Å². The maximum atomic E-state index is 11.7. The fourth-order valence-electron chi connectivity index (χ4n) is 8.50. The number of carboxylic acid groups (broad SMARTS) is 1. The average molecular weight is 910 g/mol. The summed E-state index contributed by atoms with van der Waals surface area (Å²) >= 11 is 13.8. The van der Waals surface area contributed by atoms with Crippen molar-refractivity contribution in [2.24, 2.45) is 11.8 Å². The Hall–Kier alpha value is -3.95. The molecule has 3 saturated heterocycles. The lowest BCUT2D eigenvalue weighted by Gasteiger charge is -2.41. The molecule has 2 unspecified atom stereocenters. The summed E-state index contributed by atoms with van der Waals surface area (Å²) in [6.45, 7) is 3.46. The fourth-order valence-corrected chi connectivity index (χ4v) is 12.9. The minimum absolute atomic E-state index is 0.0271. The van der Waals surface area contributed by atoms with Crippen LogP contribution >= 0.6 is 44.4 Å². The quantitative estimate of drug-likeness (QED) is 0.0685. The SMILES string of the molecule is CC(Oc1ccc(C2(CC(=O)O)COC2)cc1)(c1cccc(-c2ccc(OCC3CCS(O)(O)C3)cc2Cl)c1)c1cccc(-c2ccc(OCC3CCS(O)(O)C3)cc2Cl)c1. The van der Waals surface area contributed by atoms with E-state index in [0.717, 1.165) is 38.9 Å². The Morgan fingerprint density at radius 2 is 1.18 bits per heavy atom. The molecular weight excluding hydrogens is 860 g/mol. The Bertz CT molecular complexity index is 2260. The minimum Gasteiger partial charge on any atom is -0.493 e. The van der Waals surface area contributed by atoms with Crippen LogP contribution in [0.3, 0.4) is 0 Å². The Morgan fingerprint density at radius 3 is 1.57 bits per heavy atom. The molecule has 10 nitrogen and oxygen atoms in total. The van der Waals surface area contributed by atoms with E-state index in [-0.39, 0.29) is 18.3 Å². The van der Waals surface area contributed by atoms with Gasteiger partial charge in [-0.3, -0.25) is 23.0 Å². The van der Waals surface area contributed by atoms with Crippen molar-refractivity contribution in [1.82, 2.24) is 0 Å². The average Bonchev–Trinajstić information content (AvgIpc) is 3.76. The summed E-state index contributed by atoms with van der Waals surface area (Å²) in [6, 6.07) is 34.8. The third-order valence-electron chi connectivity index (χ3n) is 12.0. The first-order valence-corrected chi connectivity index (χ1v) is 24.7. The fraction of sp³-hybridized carbons (Fsp3) is 0.340. The van der Waals surface area contributed by atoms with Crippen LogP contribution in [0, 0.1) is 11.8 Å². The second kappa shape index (κ2) is 17.7. The van der Waals surface area contributed by atoms with Crippen LogP contribution in [-0.2, 0) is 20.5 Å². The Balaban J connectivity index is 1.09. The number of aliphatic carboxylic acids is 1. The van der Waals surface area contributed by atoms with Gasteiger partial charge in [0.05, 0.1) is 48.3 Å². The molecule has 3 heterocycles. The smallest absolute Gasteiger partial charge is 0.304 e. The largest absolute Gasteiger partial charge is 0.493 e. The van der Waals surface area contributed by atoms with Crippen LogP contribution in [0.4, 0.5) is 0 Å². The summed E-state index contributed by atoms with van der Waals surface area (Å²) < 4.78 is 64.7. The van der Waals surface area contributed by atoms with E-state index < -0.39 is 38.2 Å². The Morgan fingerprint density at radius 1 is 0.705 bits per heavy atom. The second-order valence-electron chi connectivity index (χ2n) is 16.7. The molecule has 5 aromatic carbocycles. The van der Waals surface area contributed by atoms with E-state index in [2.05, 4.69) is 12.1 Å².